The number of nitrogens with two attached hydrogens (primary N) is 1. The maximum Gasteiger partial charge on any atom is 0.267 e. The molecule has 0 atom stereocenters. The molecule has 9 heteroatoms. The summed E-state index contributed by atoms with van der Waals surface area (Å²) in [5.74, 6) is 2.03. The van der Waals surface area contributed by atoms with Crippen LogP contribution in [0.15, 0.2) is 72.8 Å². The van der Waals surface area contributed by atoms with Gasteiger partial charge in [-0.15, -0.1) is 11.3 Å². The topological polar surface area (TPSA) is 105 Å². The van der Waals surface area contributed by atoms with Crippen molar-refractivity contribution in [2.24, 2.45) is 0 Å². The first kappa shape index (κ1) is 23.6. The van der Waals surface area contributed by atoms with E-state index in [0.29, 0.717) is 49.5 Å². The number of aromatic nitrogens is 1. The van der Waals surface area contributed by atoms with Crippen molar-refractivity contribution >= 4 is 38.8 Å². The number of fused-ring (bicyclic) bond motifs is 2. The second kappa shape index (κ2) is 9.60. The normalized spacial score (nSPS) is 11.9. The van der Waals surface area contributed by atoms with Crippen LogP contribution in [0.1, 0.15) is 9.67 Å². The van der Waals surface area contributed by atoms with E-state index < -0.39 is 0 Å². The van der Waals surface area contributed by atoms with Crippen molar-refractivity contribution in [2.45, 2.75) is 0 Å². The molecule has 1 aliphatic rings. The molecule has 0 unspecified atom stereocenters. The zero-order valence-corrected chi connectivity index (χ0v) is 21.4. The number of anilines is 2. The molecule has 1 amide bonds. The van der Waals surface area contributed by atoms with Crippen LogP contribution in [-0.2, 0) is 0 Å². The summed E-state index contributed by atoms with van der Waals surface area (Å²) < 4.78 is 22.1. The molecule has 38 heavy (non-hydrogen) atoms. The highest BCUT2D eigenvalue weighted by Gasteiger charge is 2.24. The van der Waals surface area contributed by atoms with Crippen LogP contribution in [0.4, 0.5) is 11.4 Å². The van der Waals surface area contributed by atoms with Gasteiger partial charge in [-0.05, 0) is 24.3 Å². The molecule has 0 bridgehead atoms. The number of thiophene rings is 1. The van der Waals surface area contributed by atoms with Crippen LogP contribution < -0.4 is 30.0 Å². The highest BCUT2D eigenvalue weighted by molar-refractivity contribution is 7.21. The number of nitrogens with one attached hydrogen (secondary N) is 1. The zero-order chi connectivity index (χ0) is 26.2. The molecular weight excluding hydrogens is 502 g/mol. The number of nitrogen functional groups attached to an aromatic ring is 1. The van der Waals surface area contributed by atoms with E-state index in [-0.39, 0.29) is 12.7 Å². The number of carbonyl (C=O) groups is 1. The van der Waals surface area contributed by atoms with E-state index in [1.54, 1.807) is 32.4 Å². The number of benzene rings is 3. The van der Waals surface area contributed by atoms with Crippen LogP contribution in [0.5, 0.6) is 23.0 Å². The fourth-order valence-electron chi connectivity index (χ4n) is 4.52. The average Bonchev–Trinajstić information content (AvgIpc) is 3.56. The lowest BCUT2D eigenvalue weighted by Gasteiger charge is -2.15. The minimum absolute atomic E-state index is 0.155. The summed E-state index contributed by atoms with van der Waals surface area (Å²) in [6, 6.07) is 22.7. The third kappa shape index (κ3) is 4.03. The molecule has 1 aliphatic heterocycles. The number of pyridine rings is 1. The summed E-state index contributed by atoms with van der Waals surface area (Å²) in [5.41, 5.74) is 10.8. The first-order chi connectivity index (χ1) is 18.6. The molecule has 2 aromatic heterocycles. The van der Waals surface area contributed by atoms with Crippen molar-refractivity contribution in [3.63, 3.8) is 0 Å². The lowest BCUT2D eigenvalue weighted by Crippen LogP contribution is -2.11. The number of hydrogen-bond donors (Lipinski definition) is 2. The van der Waals surface area contributed by atoms with Gasteiger partial charge in [-0.2, -0.15) is 0 Å². The summed E-state index contributed by atoms with van der Waals surface area (Å²) in [4.78, 5) is 19.3. The van der Waals surface area contributed by atoms with E-state index in [9.17, 15) is 4.79 Å². The molecule has 0 fully saturated rings. The van der Waals surface area contributed by atoms with Crippen LogP contribution in [0.2, 0.25) is 0 Å². The quantitative estimate of drug-likeness (QED) is 0.271. The third-order valence-electron chi connectivity index (χ3n) is 6.30. The summed E-state index contributed by atoms with van der Waals surface area (Å²) in [5, 5.41) is 3.60. The molecule has 3 aromatic carbocycles. The number of methoxy groups -OCH3 is 2. The fourth-order valence-corrected chi connectivity index (χ4v) is 5.54. The molecule has 0 saturated carbocycles. The molecule has 3 heterocycles. The Morgan fingerprint density at radius 3 is 2.55 bits per heavy atom. The molecule has 190 valence electrons. The summed E-state index contributed by atoms with van der Waals surface area (Å²) >= 11 is 1.24. The highest BCUT2D eigenvalue weighted by atomic mass is 32.1. The Hall–Kier alpha value is -4.76. The predicted molar refractivity (Wildman–Crippen MR) is 149 cm³/mol. The molecule has 3 N–H and O–H groups in total. The molecule has 8 nitrogen and oxygen atoms in total. The number of nitrogens with zero attached hydrogens (tertiary/aromatic N) is 1. The van der Waals surface area contributed by atoms with Crippen LogP contribution in [0, 0.1) is 0 Å². The Labute approximate surface area is 222 Å². The number of para-hydroxylation sites is 1. The van der Waals surface area contributed by atoms with Gasteiger partial charge in [-0.1, -0.05) is 42.5 Å². The smallest absolute Gasteiger partial charge is 0.267 e. The van der Waals surface area contributed by atoms with Crippen molar-refractivity contribution in [2.75, 3.05) is 32.1 Å². The Morgan fingerprint density at radius 1 is 0.947 bits per heavy atom. The molecule has 0 spiro atoms. The van der Waals surface area contributed by atoms with Crippen LogP contribution in [-0.4, -0.2) is 31.9 Å². The summed E-state index contributed by atoms with van der Waals surface area (Å²) in [6.07, 6.45) is 0. The van der Waals surface area contributed by atoms with Gasteiger partial charge in [0.1, 0.15) is 9.71 Å². The molecule has 0 saturated heterocycles. The van der Waals surface area contributed by atoms with E-state index in [4.69, 9.17) is 29.7 Å². The number of ether oxygens (including phenoxy) is 4. The molecule has 0 aliphatic carbocycles. The van der Waals surface area contributed by atoms with Gasteiger partial charge in [-0.25, -0.2) is 4.98 Å². The van der Waals surface area contributed by atoms with Gasteiger partial charge in [-0.3, -0.25) is 4.79 Å². The molecule has 6 rings (SSSR count). The predicted octanol–water partition coefficient (Wildman–Crippen LogP) is 6.21. The maximum absolute atomic E-state index is 13.4. The van der Waals surface area contributed by atoms with E-state index in [2.05, 4.69) is 5.32 Å². The molecular formula is C29H23N3O5S. The highest BCUT2D eigenvalue weighted by Crippen LogP contribution is 2.46. The van der Waals surface area contributed by atoms with Crippen LogP contribution in [0.3, 0.4) is 0 Å². The largest absolute Gasteiger partial charge is 0.493 e. The van der Waals surface area contributed by atoms with Crippen molar-refractivity contribution < 1.29 is 23.7 Å². The Balaban J connectivity index is 1.51. The SMILES string of the molecule is COc1cccc(-c2cc(-c3ccccc3)nc3sc(C(=O)Nc4ccc5c(c4)OCO5)c(N)c23)c1OC. The van der Waals surface area contributed by atoms with E-state index in [1.807, 2.05) is 54.6 Å². The van der Waals surface area contributed by atoms with Gasteiger partial charge in [0.25, 0.3) is 5.91 Å². The Kier molecular flexibility index (Phi) is 5.97. The lowest BCUT2D eigenvalue weighted by molar-refractivity contribution is 0.103. The molecule has 5 aromatic rings. The van der Waals surface area contributed by atoms with Crippen molar-refractivity contribution in [1.29, 1.82) is 0 Å². The second-order valence-electron chi connectivity index (χ2n) is 8.51. The van der Waals surface area contributed by atoms with E-state index in [1.165, 1.54) is 11.3 Å². The second-order valence-corrected chi connectivity index (χ2v) is 9.51. The first-order valence-corrected chi connectivity index (χ1v) is 12.6. The minimum Gasteiger partial charge on any atom is -0.493 e. The van der Waals surface area contributed by atoms with Gasteiger partial charge in [0.15, 0.2) is 23.0 Å². The number of rotatable bonds is 6. The van der Waals surface area contributed by atoms with Gasteiger partial charge in [0, 0.05) is 33.8 Å². The van der Waals surface area contributed by atoms with Gasteiger partial charge in [0.05, 0.1) is 25.6 Å². The van der Waals surface area contributed by atoms with Crippen molar-refractivity contribution in [3.8, 4) is 45.4 Å². The standard InChI is InChI=1S/C29H23N3O5S/c1-34-22-10-6-9-18(26(22)35-2)19-14-20(16-7-4-3-5-8-16)32-29-24(19)25(30)27(38-29)28(33)31-17-11-12-21-23(13-17)37-15-36-21/h3-14H,15,30H2,1-2H3,(H,31,33). The molecule has 0 radical (unpaired) electrons. The van der Waals surface area contributed by atoms with Gasteiger partial charge < -0.3 is 30.0 Å². The van der Waals surface area contributed by atoms with Crippen LogP contribution >= 0.6 is 11.3 Å². The van der Waals surface area contributed by atoms with Crippen molar-refractivity contribution in [1.82, 2.24) is 4.98 Å². The van der Waals surface area contributed by atoms with Crippen molar-refractivity contribution in [3.05, 3.63) is 77.7 Å². The Morgan fingerprint density at radius 2 is 1.76 bits per heavy atom. The van der Waals surface area contributed by atoms with Crippen LogP contribution in [0.25, 0.3) is 32.6 Å². The van der Waals surface area contributed by atoms with Gasteiger partial charge >= 0.3 is 0 Å². The number of amides is 1. The fraction of sp³-hybridized carbons (Fsp3) is 0.103. The Bertz CT molecular complexity index is 1680. The number of hydrogen-bond acceptors (Lipinski definition) is 8. The first-order valence-electron chi connectivity index (χ1n) is 11.8. The van der Waals surface area contributed by atoms with E-state index in [0.717, 1.165) is 22.4 Å². The third-order valence-corrected chi connectivity index (χ3v) is 7.40. The van der Waals surface area contributed by atoms with Gasteiger partial charge in [0.2, 0.25) is 6.79 Å². The minimum atomic E-state index is -0.339. The monoisotopic (exact) mass is 525 g/mol. The summed E-state index contributed by atoms with van der Waals surface area (Å²) in [6.45, 7) is 0.155. The van der Waals surface area contributed by atoms with E-state index >= 15 is 0 Å². The zero-order valence-electron chi connectivity index (χ0n) is 20.6. The summed E-state index contributed by atoms with van der Waals surface area (Å²) in [7, 11) is 3.19. The average molecular weight is 526 g/mol. The number of carbonyl (C=O) groups excluding carboxylic acids is 1. The maximum atomic E-state index is 13.4. The lowest BCUT2D eigenvalue weighted by atomic mass is 9.98.